The smallest absolute Gasteiger partial charge is 0.229 e. The highest BCUT2D eigenvalue weighted by molar-refractivity contribution is 5.93. The summed E-state index contributed by atoms with van der Waals surface area (Å²) < 4.78 is 2.09. The Bertz CT molecular complexity index is 895. The number of anilines is 1. The predicted molar refractivity (Wildman–Crippen MR) is 103 cm³/mol. The topological polar surface area (TPSA) is 80.0 Å². The van der Waals surface area contributed by atoms with Crippen LogP contribution in [0.1, 0.15) is 76.9 Å². The molecule has 2 aromatic heterocycles. The zero-order valence-electron chi connectivity index (χ0n) is 16.2. The van der Waals surface area contributed by atoms with E-state index in [-0.39, 0.29) is 11.8 Å². The average molecular weight is 368 g/mol. The first-order valence-electron chi connectivity index (χ1n) is 10.3. The average Bonchev–Trinajstić information content (AvgIpc) is 2.79. The van der Waals surface area contributed by atoms with Gasteiger partial charge in [-0.25, -0.2) is 9.97 Å². The molecule has 3 saturated carbocycles. The quantitative estimate of drug-likeness (QED) is 0.858. The minimum absolute atomic E-state index is 0.103. The van der Waals surface area contributed by atoms with Gasteiger partial charge in [-0.1, -0.05) is 6.42 Å². The van der Waals surface area contributed by atoms with Crippen LogP contribution in [-0.2, 0) is 10.4 Å². The highest BCUT2D eigenvalue weighted by atomic mass is 16.3. The molecule has 3 aliphatic rings. The van der Waals surface area contributed by atoms with E-state index >= 15 is 0 Å². The van der Waals surface area contributed by atoms with Crippen molar-refractivity contribution in [3.05, 3.63) is 17.8 Å². The zero-order valence-corrected chi connectivity index (χ0v) is 16.2. The van der Waals surface area contributed by atoms with E-state index < -0.39 is 5.60 Å². The van der Waals surface area contributed by atoms with Crippen molar-refractivity contribution in [3.8, 4) is 0 Å². The molecule has 0 saturated heterocycles. The fourth-order valence-electron chi connectivity index (χ4n) is 4.86. The van der Waals surface area contributed by atoms with Gasteiger partial charge in [0.2, 0.25) is 11.9 Å². The Labute approximate surface area is 159 Å². The molecule has 2 aromatic rings. The van der Waals surface area contributed by atoms with Crippen molar-refractivity contribution < 1.29 is 9.90 Å². The summed E-state index contributed by atoms with van der Waals surface area (Å²) in [6.07, 6.45) is 9.31. The maximum absolute atomic E-state index is 12.8. The van der Waals surface area contributed by atoms with Gasteiger partial charge in [-0.05, 0) is 76.3 Å². The molecule has 6 nitrogen and oxygen atoms in total. The minimum Gasteiger partial charge on any atom is -0.384 e. The van der Waals surface area contributed by atoms with Gasteiger partial charge in [0.1, 0.15) is 11.1 Å². The van der Waals surface area contributed by atoms with Crippen molar-refractivity contribution in [1.29, 1.82) is 0 Å². The SMILES string of the molecule is CC(C)(O)c1ccc2nc(NC(=O)C3CC4(CCC4)C3)n(C3CCC3)c2n1. The molecule has 1 spiro atoms. The summed E-state index contributed by atoms with van der Waals surface area (Å²) in [6.45, 7) is 3.47. The Balaban J connectivity index is 1.45. The Hall–Kier alpha value is -1.95. The van der Waals surface area contributed by atoms with Gasteiger partial charge in [0.25, 0.3) is 0 Å². The Kier molecular flexibility index (Phi) is 3.67. The van der Waals surface area contributed by atoms with E-state index in [9.17, 15) is 9.90 Å². The number of rotatable bonds is 4. The van der Waals surface area contributed by atoms with Gasteiger partial charge >= 0.3 is 0 Å². The third kappa shape index (κ3) is 2.76. The summed E-state index contributed by atoms with van der Waals surface area (Å²) in [5.74, 6) is 0.848. The molecule has 6 heteroatoms. The number of aliphatic hydroxyl groups is 1. The molecular weight excluding hydrogens is 340 g/mol. The molecule has 3 aliphatic carbocycles. The molecule has 0 aromatic carbocycles. The fraction of sp³-hybridized carbons (Fsp3) is 0.667. The molecule has 2 N–H and O–H groups in total. The lowest BCUT2D eigenvalue weighted by atomic mass is 9.51. The second-order valence-electron chi connectivity index (χ2n) is 9.44. The van der Waals surface area contributed by atoms with Crippen LogP contribution in [0, 0.1) is 11.3 Å². The highest BCUT2D eigenvalue weighted by Crippen LogP contribution is 2.58. The number of pyridine rings is 1. The van der Waals surface area contributed by atoms with E-state index in [1.54, 1.807) is 13.8 Å². The summed E-state index contributed by atoms with van der Waals surface area (Å²) in [5, 5.41) is 13.4. The van der Waals surface area contributed by atoms with Crippen molar-refractivity contribution in [2.45, 2.75) is 76.9 Å². The van der Waals surface area contributed by atoms with E-state index in [0.29, 0.717) is 23.1 Å². The number of fused-ring (bicyclic) bond motifs is 1. The van der Waals surface area contributed by atoms with E-state index in [4.69, 9.17) is 4.98 Å². The fourth-order valence-corrected chi connectivity index (χ4v) is 4.86. The number of hydrogen-bond acceptors (Lipinski definition) is 4. The lowest BCUT2D eigenvalue weighted by Crippen LogP contribution is -2.47. The van der Waals surface area contributed by atoms with Crippen LogP contribution in [0.15, 0.2) is 12.1 Å². The monoisotopic (exact) mass is 368 g/mol. The van der Waals surface area contributed by atoms with Crippen molar-refractivity contribution in [2.75, 3.05) is 5.32 Å². The molecule has 27 heavy (non-hydrogen) atoms. The highest BCUT2D eigenvalue weighted by Gasteiger charge is 2.50. The third-order valence-electron chi connectivity index (χ3n) is 6.98. The summed E-state index contributed by atoms with van der Waals surface area (Å²) in [4.78, 5) is 22.2. The number of amides is 1. The van der Waals surface area contributed by atoms with Crippen LogP contribution in [0.2, 0.25) is 0 Å². The lowest BCUT2D eigenvalue weighted by Gasteiger charge is -2.53. The first-order chi connectivity index (χ1) is 12.8. The summed E-state index contributed by atoms with van der Waals surface area (Å²) in [6, 6.07) is 4.04. The Morgan fingerprint density at radius 1 is 1.22 bits per heavy atom. The van der Waals surface area contributed by atoms with E-state index in [1.807, 2.05) is 12.1 Å². The first-order valence-corrected chi connectivity index (χ1v) is 10.3. The molecule has 0 unspecified atom stereocenters. The van der Waals surface area contributed by atoms with Gasteiger partial charge < -0.3 is 5.11 Å². The van der Waals surface area contributed by atoms with Crippen LogP contribution in [0.25, 0.3) is 11.2 Å². The molecule has 0 bridgehead atoms. The largest absolute Gasteiger partial charge is 0.384 e. The Morgan fingerprint density at radius 3 is 2.52 bits per heavy atom. The van der Waals surface area contributed by atoms with Crippen molar-refractivity contribution in [1.82, 2.24) is 14.5 Å². The van der Waals surface area contributed by atoms with Crippen molar-refractivity contribution in [2.24, 2.45) is 11.3 Å². The summed E-state index contributed by atoms with van der Waals surface area (Å²) in [5.41, 5.74) is 1.64. The number of nitrogens with one attached hydrogen (secondary N) is 1. The number of imidazole rings is 1. The third-order valence-corrected chi connectivity index (χ3v) is 6.98. The predicted octanol–water partition coefficient (Wildman–Crippen LogP) is 3.90. The second-order valence-corrected chi connectivity index (χ2v) is 9.44. The van der Waals surface area contributed by atoms with Crippen molar-refractivity contribution >= 4 is 23.0 Å². The van der Waals surface area contributed by atoms with Gasteiger partial charge in [-0.15, -0.1) is 0 Å². The number of hydrogen-bond donors (Lipinski definition) is 2. The van der Waals surface area contributed by atoms with Gasteiger partial charge in [0.15, 0.2) is 5.65 Å². The lowest BCUT2D eigenvalue weighted by molar-refractivity contribution is -0.131. The number of carbonyl (C=O) groups excluding carboxylic acids is 1. The van der Waals surface area contributed by atoms with Crippen molar-refractivity contribution in [3.63, 3.8) is 0 Å². The minimum atomic E-state index is -1.00. The van der Waals surface area contributed by atoms with Crippen LogP contribution in [-0.4, -0.2) is 25.5 Å². The second kappa shape index (κ2) is 5.77. The van der Waals surface area contributed by atoms with E-state index in [0.717, 1.165) is 36.8 Å². The molecule has 3 fully saturated rings. The standard InChI is InChI=1S/C21H28N4O2/c1-20(2,27)16-8-7-15-17(23-16)25(14-5-3-6-14)19(22-15)24-18(26)13-11-21(12-13)9-4-10-21/h7-8,13-14,27H,3-6,9-12H2,1-2H3,(H,22,24,26). The van der Waals surface area contributed by atoms with E-state index in [2.05, 4.69) is 14.9 Å². The van der Waals surface area contributed by atoms with Crippen LogP contribution in [0.5, 0.6) is 0 Å². The summed E-state index contributed by atoms with van der Waals surface area (Å²) in [7, 11) is 0. The Morgan fingerprint density at radius 2 is 1.96 bits per heavy atom. The molecule has 0 aliphatic heterocycles. The van der Waals surface area contributed by atoms with Gasteiger partial charge in [0.05, 0.1) is 5.69 Å². The van der Waals surface area contributed by atoms with Crippen LogP contribution in [0.3, 0.4) is 0 Å². The van der Waals surface area contributed by atoms with Crippen LogP contribution >= 0.6 is 0 Å². The maximum Gasteiger partial charge on any atom is 0.229 e. The number of nitrogens with zero attached hydrogens (tertiary/aromatic N) is 3. The molecule has 1 amide bonds. The first kappa shape index (κ1) is 17.2. The van der Waals surface area contributed by atoms with Gasteiger partial charge in [-0.2, -0.15) is 0 Å². The molecular formula is C21H28N4O2. The van der Waals surface area contributed by atoms with Gasteiger partial charge in [-0.3, -0.25) is 14.7 Å². The molecule has 2 heterocycles. The van der Waals surface area contributed by atoms with Crippen LogP contribution in [0.4, 0.5) is 5.95 Å². The van der Waals surface area contributed by atoms with Crippen LogP contribution < -0.4 is 5.32 Å². The molecule has 0 atom stereocenters. The number of aromatic nitrogens is 3. The molecule has 0 radical (unpaired) electrons. The van der Waals surface area contributed by atoms with Gasteiger partial charge in [0, 0.05) is 12.0 Å². The zero-order chi connectivity index (χ0) is 18.8. The summed E-state index contributed by atoms with van der Waals surface area (Å²) >= 11 is 0. The molecule has 144 valence electrons. The molecule has 5 rings (SSSR count). The number of carbonyl (C=O) groups is 1. The van der Waals surface area contributed by atoms with E-state index in [1.165, 1.54) is 25.7 Å². The normalized spacial score (nSPS) is 22.3. The maximum atomic E-state index is 12.8.